The number of fused-ring (bicyclic) bond motifs is 1. The number of rotatable bonds is 2. The summed E-state index contributed by atoms with van der Waals surface area (Å²) >= 11 is 1.52. The molecule has 3 nitrogen and oxygen atoms in total. The Hall–Kier alpha value is -1.94. The number of pyridine rings is 1. The fraction of sp³-hybridized carbons (Fsp3) is 0. The quantitative estimate of drug-likeness (QED) is 0.632. The van der Waals surface area contributed by atoms with Crippen molar-refractivity contribution in [3.63, 3.8) is 0 Å². The number of thiophene rings is 1. The summed E-state index contributed by atoms with van der Waals surface area (Å²) in [5.41, 5.74) is 2.22. The van der Waals surface area contributed by atoms with E-state index in [4.69, 9.17) is 0 Å². The molecule has 3 aromatic heterocycles. The van der Waals surface area contributed by atoms with E-state index in [-0.39, 0.29) is 5.78 Å². The summed E-state index contributed by atoms with van der Waals surface area (Å²) in [5.74, 6) is 0.0300. The van der Waals surface area contributed by atoms with Gasteiger partial charge < -0.3 is 0 Å². The summed E-state index contributed by atoms with van der Waals surface area (Å²) in [5, 5.41) is 7.91. The van der Waals surface area contributed by atoms with E-state index in [1.807, 2.05) is 41.2 Å². The molecule has 3 heterocycles. The molecule has 0 atom stereocenters. The van der Waals surface area contributed by atoms with Gasteiger partial charge in [0.05, 0.1) is 17.3 Å². The predicted octanol–water partition coefficient (Wildman–Crippen LogP) is 2.63. The van der Waals surface area contributed by atoms with Crippen molar-refractivity contribution in [1.29, 1.82) is 0 Å². The van der Waals surface area contributed by atoms with Crippen LogP contribution in [0.2, 0.25) is 0 Å². The Kier molecular flexibility index (Phi) is 2.08. The Morgan fingerprint density at radius 2 is 2.25 bits per heavy atom. The average molecular weight is 228 g/mol. The van der Waals surface area contributed by atoms with Gasteiger partial charge in [0, 0.05) is 17.1 Å². The standard InChI is InChI=1S/C12H8N2OS/c15-12(9-4-6-16-8-9)10-7-13-14-5-2-1-3-11(10)14/h1-8H. The van der Waals surface area contributed by atoms with Crippen LogP contribution in [-0.4, -0.2) is 15.4 Å². The van der Waals surface area contributed by atoms with Crippen molar-refractivity contribution in [3.8, 4) is 0 Å². The maximum Gasteiger partial charge on any atom is 0.197 e. The lowest BCUT2D eigenvalue weighted by Crippen LogP contribution is -1.98. The molecule has 3 rings (SSSR count). The van der Waals surface area contributed by atoms with E-state index in [0.29, 0.717) is 5.56 Å². The van der Waals surface area contributed by atoms with E-state index in [0.717, 1.165) is 11.1 Å². The van der Waals surface area contributed by atoms with E-state index >= 15 is 0 Å². The molecule has 0 saturated heterocycles. The van der Waals surface area contributed by atoms with Gasteiger partial charge in [-0.15, -0.1) is 0 Å². The van der Waals surface area contributed by atoms with Crippen LogP contribution in [0, 0.1) is 0 Å². The molecule has 0 bridgehead atoms. The van der Waals surface area contributed by atoms with Crippen LogP contribution in [0.4, 0.5) is 0 Å². The van der Waals surface area contributed by atoms with Gasteiger partial charge in [0.1, 0.15) is 0 Å². The first kappa shape index (κ1) is 9.30. The minimum absolute atomic E-state index is 0.0300. The molecule has 0 radical (unpaired) electrons. The predicted molar refractivity (Wildman–Crippen MR) is 62.9 cm³/mol. The molecule has 0 aliphatic carbocycles. The van der Waals surface area contributed by atoms with Crippen molar-refractivity contribution >= 4 is 22.6 Å². The van der Waals surface area contributed by atoms with Crippen molar-refractivity contribution < 1.29 is 4.79 Å². The number of nitrogens with zero attached hydrogens (tertiary/aromatic N) is 2. The number of aromatic nitrogens is 2. The summed E-state index contributed by atoms with van der Waals surface area (Å²) in [7, 11) is 0. The highest BCUT2D eigenvalue weighted by atomic mass is 32.1. The zero-order chi connectivity index (χ0) is 11.0. The lowest BCUT2D eigenvalue weighted by Gasteiger charge is -1.95. The number of ketones is 1. The van der Waals surface area contributed by atoms with E-state index in [2.05, 4.69) is 5.10 Å². The third-order valence-corrected chi connectivity index (χ3v) is 3.14. The van der Waals surface area contributed by atoms with Crippen LogP contribution in [0.3, 0.4) is 0 Å². The average Bonchev–Trinajstić information content (AvgIpc) is 2.98. The van der Waals surface area contributed by atoms with Crippen molar-refractivity contribution in [3.05, 3.63) is 58.5 Å². The molecule has 0 saturated carbocycles. The van der Waals surface area contributed by atoms with Crippen molar-refractivity contribution in [2.45, 2.75) is 0 Å². The van der Waals surface area contributed by atoms with Gasteiger partial charge in [-0.3, -0.25) is 4.79 Å². The van der Waals surface area contributed by atoms with Gasteiger partial charge in [-0.1, -0.05) is 6.07 Å². The first-order valence-electron chi connectivity index (χ1n) is 4.85. The zero-order valence-electron chi connectivity index (χ0n) is 8.33. The molecule has 0 N–H and O–H groups in total. The minimum Gasteiger partial charge on any atom is -0.288 e. The summed E-state index contributed by atoms with van der Waals surface area (Å²) < 4.78 is 1.71. The van der Waals surface area contributed by atoms with Gasteiger partial charge in [0.15, 0.2) is 5.78 Å². The molecular formula is C12H8N2OS. The summed E-state index contributed by atoms with van der Waals surface area (Å²) in [6.07, 6.45) is 3.45. The van der Waals surface area contributed by atoms with Crippen LogP contribution >= 0.6 is 11.3 Å². The van der Waals surface area contributed by atoms with Crippen LogP contribution in [0.1, 0.15) is 15.9 Å². The number of carbonyl (C=O) groups is 1. The van der Waals surface area contributed by atoms with Gasteiger partial charge in [0.25, 0.3) is 0 Å². The van der Waals surface area contributed by atoms with Gasteiger partial charge in [-0.25, -0.2) is 4.52 Å². The van der Waals surface area contributed by atoms with Crippen LogP contribution in [0.15, 0.2) is 47.4 Å². The van der Waals surface area contributed by atoms with Crippen molar-refractivity contribution in [1.82, 2.24) is 9.61 Å². The second-order valence-electron chi connectivity index (χ2n) is 3.43. The van der Waals surface area contributed by atoms with Crippen molar-refractivity contribution in [2.24, 2.45) is 0 Å². The van der Waals surface area contributed by atoms with E-state index in [1.165, 1.54) is 11.3 Å². The first-order chi connectivity index (χ1) is 7.86. The second kappa shape index (κ2) is 3.57. The normalized spacial score (nSPS) is 10.8. The first-order valence-corrected chi connectivity index (χ1v) is 5.80. The van der Waals surface area contributed by atoms with Crippen LogP contribution in [0.5, 0.6) is 0 Å². The Morgan fingerprint density at radius 1 is 1.31 bits per heavy atom. The fourth-order valence-electron chi connectivity index (χ4n) is 1.66. The molecule has 0 spiro atoms. The Labute approximate surface area is 96.0 Å². The maximum atomic E-state index is 12.1. The fourth-order valence-corrected chi connectivity index (χ4v) is 2.29. The molecule has 0 aliphatic rings. The van der Waals surface area contributed by atoms with E-state index in [9.17, 15) is 4.79 Å². The zero-order valence-corrected chi connectivity index (χ0v) is 9.15. The van der Waals surface area contributed by atoms with Crippen LogP contribution < -0.4 is 0 Å². The molecule has 0 aromatic carbocycles. The highest BCUT2D eigenvalue weighted by molar-refractivity contribution is 7.08. The lowest BCUT2D eigenvalue weighted by atomic mass is 10.1. The topological polar surface area (TPSA) is 34.4 Å². The van der Waals surface area contributed by atoms with Crippen LogP contribution in [0.25, 0.3) is 5.52 Å². The Bertz CT molecular complexity index is 640. The van der Waals surface area contributed by atoms with Crippen molar-refractivity contribution in [2.75, 3.05) is 0 Å². The van der Waals surface area contributed by atoms with Gasteiger partial charge in [-0.05, 0) is 23.6 Å². The maximum absolute atomic E-state index is 12.1. The third-order valence-electron chi connectivity index (χ3n) is 2.45. The Morgan fingerprint density at radius 3 is 3.06 bits per heavy atom. The highest BCUT2D eigenvalue weighted by Crippen LogP contribution is 2.17. The van der Waals surface area contributed by atoms with Gasteiger partial charge in [0.2, 0.25) is 0 Å². The number of hydrogen-bond acceptors (Lipinski definition) is 3. The molecule has 0 fully saturated rings. The van der Waals surface area contributed by atoms with E-state index < -0.39 is 0 Å². The molecule has 3 aromatic rings. The SMILES string of the molecule is O=C(c1ccsc1)c1cnn2ccccc12. The third kappa shape index (κ3) is 1.35. The number of carbonyl (C=O) groups excluding carboxylic acids is 1. The molecule has 0 unspecified atom stereocenters. The smallest absolute Gasteiger partial charge is 0.197 e. The molecule has 16 heavy (non-hydrogen) atoms. The van der Waals surface area contributed by atoms with E-state index in [1.54, 1.807) is 10.7 Å². The lowest BCUT2D eigenvalue weighted by molar-refractivity contribution is 0.104. The minimum atomic E-state index is 0.0300. The largest absolute Gasteiger partial charge is 0.288 e. The number of hydrogen-bond donors (Lipinski definition) is 0. The van der Waals surface area contributed by atoms with Gasteiger partial charge in [-0.2, -0.15) is 16.4 Å². The highest BCUT2D eigenvalue weighted by Gasteiger charge is 2.14. The van der Waals surface area contributed by atoms with Gasteiger partial charge >= 0.3 is 0 Å². The van der Waals surface area contributed by atoms with Crippen LogP contribution in [-0.2, 0) is 0 Å². The summed E-state index contributed by atoms with van der Waals surface area (Å²) in [6.45, 7) is 0. The summed E-state index contributed by atoms with van der Waals surface area (Å²) in [4.78, 5) is 12.1. The Balaban J connectivity index is 2.16. The molecular weight excluding hydrogens is 220 g/mol. The molecule has 0 aliphatic heterocycles. The molecule has 4 heteroatoms. The summed E-state index contributed by atoms with van der Waals surface area (Å²) in [6, 6.07) is 7.52. The molecule has 0 amide bonds. The molecule has 78 valence electrons. The monoisotopic (exact) mass is 228 g/mol. The second-order valence-corrected chi connectivity index (χ2v) is 4.21.